The van der Waals surface area contributed by atoms with Crippen molar-refractivity contribution in [1.82, 2.24) is 20.0 Å². The van der Waals surface area contributed by atoms with Gasteiger partial charge in [0.1, 0.15) is 18.1 Å². The summed E-state index contributed by atoms with van der Waals surface area (Å²) >= 11 is 0. The average Bonchev–Trinajstić information content (AvgIpc) is 3.12. The summed E-state index contributed by atoms with van der Waals surface area (Å²) in [6.45, 7) is 8.79. The number of ether oxygens (including phenoxy) is 1. The van der Waals surface area contributed by atoms with E-state index in [2.05, 4.69) is 38.3 Å². The van der Waals surface area contributed by atoms with E-state index in [1.807, 2.05) is 30.3 Å². The number of benzene rings is 1. The zero-order chi connectivity index (χ0) is 22.3. The van der Waals surface area contributed by atoms with Crippen LogP contribution >= 0.6 is 0 Å². The number of carbonyl (C=O) groups excluding carboxylic acids is 2. The number of urea groups is 1. The molecule has 0 radical (unpaired) electrons. The van der Waals surface area contributed by atoms with E-state index >= 15 is 0 Å². The standard InChI is InChI=1S/C22H33N5O3/c1-7-8-13-23-21(29)26(5)15-20(28)24-19-14-18(22(2,3)4)25-27(19)16-9-11-17(30-6)12-10-16/h9-12,14H,7-8,13,15H2,1-6H3,(H,23,29)(H,24,28). The molecule has 1 aromatic carbocycles. The molecule has 2 aromatic rings. The van der Waals surface area contributed by atoms with Gasteiger partial charge in [-0.1, -0.05) is 34.1 Å². The summed E-state index contributed by atoms with van der Waals surface area (Å²) in [6.07, 6.45) is 1.90. The smallest absolute Gasteiger partial charge is 0.317 e. The van der Waals surface area contributed by atoms with Gasteiger partial charge in [-0.05, 0) is 30.7 Å². The molecule has 2 rings (SSSR count). The molecule has 164 valence electrons. The normalized spacial score (nSPS) is 11.1. The van der Waals surface area contributed by atoms with Gasteiger partial charge in [-0.15, -0.1) is 0 Å². The Morgan fingerprint density at radius 2 is 1.87 bits per heavy atom. The number of carbonyl (C=O) groups is 2. The van der Waals surface area contributed by atoms with Gasteiger partial charge in [-0.3, -0.25) is 4.79 Å². The van der Waals surface area contributed by atoms with Gasteiger partial charge in [0.25, 0.3) is 0 Å². The Hall–Kier alpha value is -3.03. The van der Waals surface area contributed by atoms with Crippen LogP contribution < -0.4 is 15.4 Å². The Kier molecular flexibility index (Phi) is 7.86. The van der Waals surface area contributed by atoms with E-state index in [1.54, 1.807) is 18.8 Å². The molecule has 0 spiro atoms. The lowest BCUT2D eigenvalue weighted by Crippen LogP contribution is -2.41. The molecule has 8 nitrogen and oxygen atoms in total. The predicted octanol–water partition coefficient (Wildman–Crippen LogP) is 3.56. The SMILES string of the molecule is CCCCNC(=O)N(C)CC(=O)Nc1cc(C(C)(C)C)nn1-c1ccc(OC)cc1. The van der Waals surface area contributed by atoms with E-state index in [4.69, 9.17) is 9.84 Å². The molecule has 0 bridgehead atoms. The van der Waals surface area contributed by atoms with Crippen LogP contribution in [0.3, 0.4) is 0 Å². The van der Waals surface area contributed by atoms with E-state index in [0.29, 0.717) is 12.4 Å². The minimum atomic E-state index is -0.293. The second kappa shape index (κ2) is 10.1. The van der Waals surface area contributed by atoms with Crippen molar-refractivity contribution < 1.29 is 14.3 Å². The first kappa shape index (κ1) is 23.3. The highest BCUT2D eigenvalue weighted by molar-refractivity contribution is 5.94. The summed E-state index contributed by atoms with van der Waals surface area (Å²) in [4.78, 5) is 26.1. The lowest BCUT2D eigenvalue weighted by atomic mass is 9.92. The third kappa shape index (κ3) is 6.23. The molecule has 0 saturated carbocycles. The molecule has 0 aliphatic rings. The van der Waals surface area contributed by atoms with Crippen LogP contribution in [0.5, 0.6) is 5.75 Å². The molecule has 0 unspecified atom stereocenters. The lowest BCUT2D eigenvalue weighted by Gasteiger charge is -2.17. The van der Waals surface area contributed by atoms with Crippen molar-refractivity contribution in [2.24, 2.45) is 0 Å². The molecular weight excluding hydrogens is 382 g/mol. The van der Waals surface area contributed by atoms with Crippen LogP contribution in [0, 0.1) is 0 Å². The van der Waals surface area contributed by atoms with Crippen LogP contribution in [-0.2, 0) is 10.2 Å². The number of hydrogen-bond acceptors (Lipinski definition) is 4. The minimum absolute atomic E-state index is 0.0589. The Balaban J connectivity index is 2.17. The van der Waals surface area contributed by atoms with E-state index in [1.165, 1.54) is 4.90 Å². The summed E-state index contributed by atoms with van der Waals surface area (Å²) in [5, 5.41) is 10.4. The van der Waals surface area contributed by atoms with E-state index < -0.39 is 0 Å². The molecule has 0 saturated heterocycles. The monoisotopic (exact) mass is 415 g/mol. The molecule has 0 fully saturated rings. The van der Waals surface area contributed by atoms with Crippen LogP contribution in [0.15, 0.2) is 30.3 Å². The highest BCUT2D eigenvalue weighted by Gasteiger charge is 2.22. The Bertz CT molecular complexity index is 853. The summed E-state index contributed by atoms with van der Waals surface area (Å²) in [7, 11) is 3.21. The molecule has 0 aliphatic heterocycles. The number of likely N-dealkylation sites (N-methyl/N-ethyl adjacent to an activating group) is 1. The summed E-state index contributed by atoms with van der Waals surface area (Å²) < 4.78 is 6.91. The highest BCUT2D eigenvalue weighted by Crippen LogP contribution is 2.27. The van der Waals surface area contributed by atoms with Crippen LogP contribution in [0.4, 0.5) is 10.6 Å². The number of amides is 3. The highest BCUT2D eigenvalue weighted by atomic mass is 16.5. The van der Waals surface area contributed by atoms with E-state index in [-0.39, 0.29) is 23.9 Å². The largest absolute Gasteiger partial charge is 0.497 e. The van der Waals surface area contributed by atoms with Crippen molar-refractivity contribution in [3.63, 3.8) is 0 Å². The Labute approximate surface area is 178 Å². The topological polar surface area (TPSA) is 88.5 Å². The van der Waals surface area contributed by atoms with E-state index in [0.717, 1.165) is 30.0 Å². The van der Waals surface area contributed by atoms with Gasteiger partial charge in [0.15, 0.2) is 0 Å². The molecule has 2 N–H and O–H groups in total. The van der Waals surface area contributed by atoms with Gasteiger partial charge in [0, 0.05) is 25.1 Å². The zero-order valence-electron chi connectivity index (χ0n) is 18.8. The van der Waals surface area contributed by atoms with Crippen molar-refractivity contribution >= 4 is 17.8 Å². The van der Waals surface area contributed by atoms with Crippen molar-refractivity contribution in [3.05, 3.63) is 36.0 Å². The molecular formula is C22H33N5O3. The number of unbranched alkanes of at least 4 members (excludes halogenated alkanes) is 1. The van der Waals surface area contributed by atoms with Crippen LogP contribution in [0.2, 0.25) is 0 Å². The summed E-state index contributed by atoms with van der Waals surface area (Å²) in [5.41, 5.74) is 1.46. The second-order valence-corrected chi connectivity index (χ2v) is 8.26. The first-order chi connectivity index (χ1) is 14.2. The Morgan fingerprint density at radius 1 is 1.20 bits per heavy atom. The lowest BCUT2D eigenvalue weighted by molar-refractivity contribution is -0.116. The molecule has 0 aliphatic carbocycles. The van der Waals surface area contributed by atoms with Gasteiger partial charge in [-0.2, -0.15) is 5.10 Å². The maximum Gasteiger partial charge on any atom is 0.317 e. The number of rotatable bonds is 8. The number of nitrogens with one attached hydrogen (secondary N) is 2. The van der Waals surface area contributed by atoms with Crippen molar-refractivity contribution in [2.45, 2.75) is 46.0 Å². The number of anilines is 1. The Morgan fingerprint density at radius 3 is 2.43 bits per heavy atom. The number of methoxy groups -OCH3 is 1. The number of hydrogen-bond donors (Lipinski definition) is 2. The van der Waals surface area contributed by atoms with Gasteiger partial charge >= 0.3 is 6.03 Å². The maximum absolute atomic E-state index is 12.6. The average molecular weight is 416 g/mol. The molecule has 8 heteroatoms. The first-order valence-corrected chi connectivity index (χ1v) is 10.2. The van der Waals surface area contributed by atoms with Gasteiger partial charge in [0.05, 0.1) is 18.5 Å². The fourth-order valence-corrected chi connectivity index (χ4v) is 2.73. The number of aromatic nitrogens is 2. The van der Waals surface area contributed by atoms with Gasteiger partial charge < -0.3 is 20.3 Å². The summed E-state index contributed by atoms with van der Waals surface area (Å²) in [5.74, 6) is 0.997. The maximum atomic E-state index is 12.6. The fourth-order valence-electron chi connectivity index (χ4n) is 2.73. The molecule has 1 heterocycles. The van der Waals surface area contributed by atoms with Crippen molar-refractivity contribution in [2.75, 3.05) is 32.6 Å². The number of nitrogens with zero attached hydrogens (tertiary/aromatic N) is 3. The molecule has 3 amide bonds. The van der Waals surface area contributed by atoms with Crippen molar-refractivity contribution in [1.29, 1.82) is 0 Å². The summed E-state index contributed by atoms with van der Waals surface area (Å²) in [6, 6.07) is 9.03. The molecule has 30 heavy (non-hydrogen) atoms. The third-order valence-electron chi connectivity index (χ3n) is 4.60. The second-order valence-electron chi connectivity index (χ2n) is 8.26. The van der Waals surface area contributed by atoms with Gasteiger partial charge in [-0.25, -0.2) is 9.48 Å². The van der Waals surface area contributed by atoms with Crippen LogP contribution in [0.1, 0.15) is 46.2 Å². The van der Waals surface area contributed by atoms with Crippen LogP contribution in [-0.4, -0.2) is 53.9 Å². The van der Waals surface area contributed by atoms with Crippen LogP contribution in [0.25, 0.3) is 5.69 Å². The minimum Gasteiger partial charge on any atom is -0.497 e. The zero-order valence-corrected chi connectivity index (χ0v) is 18.8. The van der Waals surface area contributed by atoms with E-state index in [9.17, 15) is 9.59 Å². The molecule has 1 aromatic heterocycles. The fraction of sp³-hybridized carbons (Fsp3) is 0.500. The van der Waals surface area contributed by atoms with Crippen molar-refractivity contribution in [3.8, 4) is 11.4 Å². The van der Waals surface area contributed by atoms with Gasteiger partial charge in [0.2, 0.25) is 5.91 Å². The third-order valence-corrected chi connectivity index (χ3v) is 4.60. The quantitative estimate of drug-likeness (QED) is 0.645. The molecule has 0 atom stereocenters. The first-order valence-electron chi connectivity index (χ1n) is 10.2. The predicted molar refractivity (Wildman–Crippen MR) is 118 cm³/mol.